The molecule has 3 aromatic rings. The lowest BCUT2D eigenvalue weighted by Crippen LogP contribution is -2.17. The van der Waals surface area contributed by atoms with E-state index in [1.165, 1.54) is 12.1 Å². The van der Waals surface area contributed by atoms with Crippen molar-refractivity contribution in [2.24, 2.45) is 0 Å². The van der Waals surface area contributed by atoms with Crippen LogP contribution in [0.25, 0.3) is 0 Å². The molecule has 0 bridgehead atoms. The van der Waals surface area contributed by atoms with Crippen molar-refractivity contribution in [1.82, 2.24) is 0 Å². The fourth-order valence-corrected chi connectivity index (χ4v) is 2.49. The summed E-state index contributed by atoms with van der Waals surface area (Å²) in [4.78, 5) is 25.1. The SMILES string of the molecule is COc1ccc(OC(=O)c2ccccc2C(=O)Oc2cccc(C)c2)cc1. The van der Waals surface area contributed by atoms with E-state index in [2.05, 4.69) is 0 Å². The number of carbonyl (C=O) groups is 2. The maximum atomic E-state index is 12.5. The number of hydrogen-bond donors (Lipinski definition) is 0. The van der Waals surface area contributed by atoms with E-state index in [1.807, 2.05) is 13.0 Å². The average Bonchev–Trinajstić information content (AvgIpc) is 2.68. The van der Waals surface area contributed by atoms with Gasteiger partial charge in [-0.25, -0.2) is 9.59 Å². The number of carbonyl (C=O) groups excluding carboxylic acids is 2. The van der Waals surface area contributed by atoms with Crippen LogP contribution in [0.2, 0.25) is 0 Å². The zero-order valence-electron chi connectivity index (χ0n) is 15.0. The first-order valence-corrected chi connectivity index (χ1v) is 8.31. The molecule has 5 heteroatoms. The summed E-state index contributed by atoms with van der Waals surface area (Å²) in [6, 6.07) is 20.1. The number of methoxy groups -OCH3 is 1. The summed E-state index contributed by atoms with van der Waals surface area (Å²) in [6.07, 6.45) is 0. The molecule has 0 aliphatic rings. The first kappa shape index (κ1) is 18.2. The second-order valence-electron chi connectivity index (χ2n) is 5.82. The Morgan fingerprint density at radius 3 is 1.78 bits per heavy atom. The molecule has 136 valence electrons. The van der Waals surface area contributed by atoms with Crippen LogP contribution in [-0.2, 0) is 0 Å². The predicted octanol–water partition coefficient (Wildman–Crippen LogP) is 4.44. The lowest BCUT2D eigenvalue weighted by atomic mass is 10.1. The van der Waals surface area contributed by atoms with E-state index >= 15 is 0 Å². The summed E-state index contributed by atoms with van der Waals surface area (Å²) in [5, 5.41) is 0. The van der Waals surface area contributed by atoms with Gasteiger partial charge in [-0.15, -0.1) is 0 Å². The molecule has 0 saturated carbocycles. The highest BCUT2D eigenvalue weighted by molar-refractivity contribution is 6.04. The van der Waals surface area contributed by atoms with Crippen LogP contribution >= 0.6 is 0 Å². The fraction of sp³-hybridized carbons (Fsp3) is 0.0909. The smallest absolute Gasteiger partial charge is 0.344 e. The van der Waals surface area contributed by atoms with Crippen molar-refractivity contribution in [2.75, 3.05) is 7.11 Å². The summed E-state index contributed by atoms with van der Waals surface area (Å²) < 4.78 is 15.8. The summed E-state index contributed by atoms with van der Waals surface area (Å²) in [7, 11) is 1.55. The third-order valence-electron chi connectivity index (χ3n) is 3.84. The Bertz CT molecular complexity index is 960. The number of aryl methyl sites for hydroxylation is 1. The van der Waals surface area contributed by atoms with E-state index in [4.69, 9.17) is 14.2 Å². The summed E-state index contributed by atoms with van der Waals surface area (Å²) >= 11 is 0. The van der Waals surface area contributed by atoms with Crippen molar-refractivity contribution in [2.45, 2.75) is 6.92 Å². The molecule has 0 N–H and O–H groups in total. The molecule has 0 spiro atoms. The third-order valence-corrected chi connectivity index (χ3v) is 3.84. The zero-order chi connectivity index (χ0) is 19.2. The average molecular weight is 362 g/mol. The van der Waals surface area contributed by atoms with Gasteiger partial charge in [-0.1, -0.05) is 24.3 Å². The van der Waals surface area contributed by atoms with E-state index in [0.717, 1.165) is 5.56 Å². The fourth-order valence-electron chi connectivity index (χ4n) is 2.49. The maximum Gasteiger partial charge on any atom is 0.344 e. The van der Waals surface area contributed by atoms with Gasteiger partial charge in [-0.2, -0.15) is 0 Å². The Hall–Kier alpha value is -3.60. The molecule has 0 heterocycles. The molecule has 0 radical (unpaired) electrons. The predicted molar refractivity (Wildman–Crippen MR) is 101 cm³/mol. The van der Waals surface area contributed by atoms with Gasteiger partial charge in [-0.3, -0.25) is 0 Å². The van der Waals surface area contributed by atoms with Crippen LogP contribution in [0.1, 0.15) is 26.3 Å². The lowest BCUT2D eigenvalue weighted by molar-refractivity contribution is 0.0692. The molecule has 0 saturated heterocycles. The van der Waals surface area contributed by atoms with E-state index in [-0.39, 0.29) is 11.1 Å². The second-order valence-corrected chi connectivity index (χ2v) is 5.82. The molecule has 0 amide bonds. The van der Waals surface area contributed by atoms with Crippen molar-refractivity contribution < 1.29 is 23.8 Å². The number of rotatable bonds is 5. The summed E-state index contributed by atoms with van der Waals surface area (Å²) in [5.74, 6) is 0.151. The van der Waals surface area contributed by atoms with Crippen LogP contribution in [-0.4, -0.2) is 19.0 Å². The van der Waals surface area contributed by atoms with Crippen molar-refractivity contribution >= 4 is 11.9 Å². The third kappa shape index (κ3) is 4.52. The molecule has 27 heavy (non-hydrogen) atoms. The van der Waals surface area contributed by atoms with Crippen LogP contribution in [0.4, 0.5) is 0 Å². The minimum atomic E-state index is -0.642. The quantitative estimate of drug-likeness (QED) is 0.496. The van der Waals surface area contributed by atoms with Gasteiger partial charge in [0, 0.05) is 0 Å². The Labute approximate surface area is 157 Å². The first-order valence-electron chi connectivity index (χ1n) is 8.31. The number of benzene rings is 3. The molecule has 0 fully saturated rings. The first-order chi connectivity index (χ1) is 13.1. The van der Waals surface area contributed by atoms with Gasteiger partial charge in [0.25, 0.3) is 0 Å². The van der Waals surface area contributed by atoms with Crippen LogP contribution in [0, 0.1) is 6.92 Å². The highest BCUT2D eigenvalue weighted by Crippen LogP contribution is 2.21. The zero-order valence-corrected chi connectivity index (χ0v) is 15.0. The van der Waals surface area contributed by atoms with Crippen molar-refractivity contribution in [3.05, 3.63) is 89.5 Å². The van der Waals surface area contributed by atoms with Crippen LogP contribution in [0.3, 0.4) is 0 Å². The summed E-state index contributed by atoms with van der Waals surface area (Å²) in [5.41, 5.74) is 1.23. The minimum Gasteiger partial charge on any atom is -0.497 e. The molecule has 3 rings (SSSR count). The van der Waals surface area contributed by atoms with E-state index in [0.29, 0.717) is 17.2 Å². The molecule has 0 aliphatic carbocycles. The molecule has 0 aliphatic heterocycles. The Balaban J connectivity index is 1.79. The summed E-state index contributed by atoms with van der Waals surface area (Å²) in [6.45, 7) is 1.90. The second kappa shape index (κ2) is 8.19. The molecular formula is C22H18O5. The van der Waals surface area contributed by atoms with Crippen molar-refractivity contribution in [1.29, 1.82) is 0 Å². The van der Waals surface area contributed by atoms with Crippen LogP contribution in [0.15, 0.2) is 72.8 Å². The van der Waals surface area contributed by atoms with Crippen molar-refractivity contribution in [3.63, 3.8) is 0 Å². The van der Waals surface area contributed by atoms with Crippen LogP contribution < -0.4 is 14.2 Å². The van der Waals surface area contributed by atoms with Gasteiger partial charge >= 0.3 is 11.9 Å². The molecule has 0 unspecified atom stereocenters. The number of ether oxygens (including phenoxy) is 3. The maximum absolute atomic E-state index is 12.5. The molecular weight excluding hydrogens is 344 g/mol. The lowest BCUT2D eigenvalue weighted by Gasteiger charge is -2.10. The van der Waals surface area contributed by atoms with E-state index in [9.17, 15) is 9.59 Å². The van der Waals surface area contributed by atoms with Crippen molar-refractivity contribution in [3.8, 4) is 17.2 Å². The number of esters is 2. The number of hydrogen-bond acceptors (Lipinski definition) is 5. The van der Waals surface area contributed by atoms with Crippen LogP contribution in [0.5, 0.6) is 17.2 Å². The Morgan fingerprint density at radius 2 is 1.22 bits per heavy atom. The van der Waals surface area contributed by atoms with E-state index in [1.54, 1.807) is 61.7 Å². The molecule has 5 nitrogen and oxygen atoms in total. The standard InChI is InChI=1S/C22H18O5/c1-15-6-5-7-18(14-15)27-22(24)20-9-4-3-8-19(20)21(23)26-17-12-10-16(25-2)11-13-17/h3-14H,1-2H3. The molecule has 3 aromatic carbocycles. The molecule has 0 aromatic heterocycles. The molecule has 0 atom stereocenters. The largest absolute Gasteiger partial charge is 0.497 e. The Morgan fingerprint density at radius 1 is 0.667 bits per heavy atom. The minimum absolute atomic E-state index is 0.131. The van der Waals surface area contributed by atoms with Gasteiger partial charge in [0.05, 0.1) is 18.2 Å². The monoisotopic (exact) mass is 362 g/mol. The highest BCUT2D eigenvalue weighted by Gasteiger charge is 2.20. The van der Waals surface area contributed by atoms with E-state index < -0.39 is 11.9 Å². The van der Waals surface area contributed by atoms with Gasteiger partial charge in [0.1, 0.15) is 17.2 Å². The normalized spacial score (nSPS) is 10.1. The van der Waals surface area contributed by atoms with Gasteiger partial charge < -0.3 is 14.2 Å². The highest BCUT2D eigenvalue weighted by atomic mass is 16.5. The van der Waals surface area contributed by atoms with Gasteiger partial charge in [0.15, 0.2) is 0 Å². The topological polar surface area (TPSA) is 61.8 Å². The Kier molecular flexibility index (Phi) is 5.52. The van der Waals surface area contributed by atoms with Gasteiger partial charge in [0.2, 0.25) is 0 Å². The van der Waals surface area contributed by atoms with Gasteiger partial charge in [-0.05, 0) is 61.0 Å².